The van der Waals surface area contributed by atoms with E-state index in [-0.39, 0.29) is 5.91 Å². The van der Waals surface area contributed by atoms with Crippen LogP contribution in [-0.2, 0) is 0 Å². The molecular weight excluding hydrogens is 368 g/mol. The maximum absolute atomic E-state index is 12.6. The van der Waals surface area contributed by atoms with Gasteiger partial charge in [-0.15, -0.1) is 10.2 Å². The first-order valence-electron chi connectivity index (χ1n) is 9.34. The van der Waals surface area contributed by atoms with Gasteiger partial charge in [0, 0.05) is 42.7 Å². The lowest BCUT2D eigenvalue weighted by molar-refractivity contribution is 0.0746. The third-order valence-electron chi connectivity index (χ3n) is 5.29. The number of hydrogen-bond acceptors (Lipinski definition) is 5. The van der Waals surface area contributed by atoms with Crippen molar-refractivity contribution in [2.24, 2.45) is 0 Å². The molecule has 5 nitrogen and oxygen atoms in total. The number of hydrogen-bond donors (Lipinski definition) is 0. The predicted octanol–water partition coefficient (Wildman–Crippen LogP) is 4.20. The number of aromatic nitrogens is 2. The molecule has 4 rings (SSSR count). The van der Waals surface area contributed by atoms with Crippen LogP contribution in [0.25, 0.3) is 0 Å². The van der Waals surface area contributed by atoms with Gasteiger partial charge in [0.1, 0.15) is 5.01 Å². The van der Waals surface area contributed by atoms with Crippen molar-refractivity contribution >= 4 is 34.0 Å². The van der Waals surface area contributed by atoms with Crippen molar-refractivity contribution in [1.82, 2.24) is 15.1 Å². The molecule has 0 bridgehead atoms. The summed E-state index contributed by atoms with van der Waals surface area (Å²) in [5.74, 6) is 0.646. The standard InChI is InChI=1S/C19H23ClN4OS/c20-16-8-4-7-15(13-16)18(25)23-9-11-24(12-10-23)19-22-21-17(26-19)14-5-2-1-3-6-14/h4,7-8,13-14H,1-3,5-6,9-12H2. The Morgan fingerprint density at radius 2 is 1.85 bits per heavy atom. The lowest BCUT2D eigenvalue weighted by Crippen LogP contribution is -2.48. The Bertz CT molecular complexity index is 766. The SMILES string of the molecule is O=C(c1cccc(Cl)c1)N1CCN(c2nnc(C3CCCCC3)s2)CC1. The highest BCUT2D eigenvalue weighted by atomic mass is 35.5. The van der Waals surface area contributed by atoms with Crippen LogP contribution in [0.15, 0.2) is 24.3 Å². The number of benzene rings is 1. The Balaban J connectivity index is 1.36. The van der Waals surface area contributed by atoms with E-state index in [0.717, 1.165) is 18.2 Å². The number of nitrogens with zero attached hydrogens (tertiary/aromatic N) is 4. The van der Waals surface area contributed by atoms with Crippen molar-refractivity contribution in [3.05, 3.63) is 39.9 Å². The Hall–Kier alpha value is -1.66. The number of carbonyl (C=O) groups excluding carboxylic acids is 1. The Labute approximate surface area is 163 Å². The van der Waals surface area contributed by atoms with Crippen molar-refractivity contribution < 1.29 is 4.79 Å². The summed E-state index contributed by atoms with van der Waals surface area (Å²) in [6.45, 7) is 2.99. The van der Waals surface area contributed by atoms with E-state index in [4.69, 9.17) is 11.6 Å². The zero-order valence-electron chi connectivity index (χ0n) is 14.7. The number of anilines is 1. The predicted molar refractivity (Wildman–Crippen MR) is 105 cm³/mol. The first kappa shape index (κ1) is 17.7. The minimum absolute atomic E-state index is 0.0484. The van der Waals surface area contributed by atoms with E-state index in [1.54, 1.807) is 23.5 Å². The van der Waals surface area contributed by atoms with Gasteiger partial charge in [-0.2, -0.15) is 0 Å². The molecule has 1 saturated carbocycles. The van der Waals surface area contributed by atoms with E-state index in [1.165, 1.54) is 37.1 Å². The lowest BCUT2D eigenvalue weighted by atomic mass is 9.90. The van der Waals surface area contributed by atoms with Crippen molar-refractivity contribution in [3.8, 4) is 0 Å². The summed E-state index contributed by atoms with van der Waals surface area (Å²) >= 11 is 7.74. The largest absolute Gasteiger partial charge is 0.343 e. The van der Waals surface area contributed by atoms with E-state index in [0.29, 0.717) is 29.6 Å². The van der Waals surface area contributed by atoms with Crippen LogP contribution in [0.1, 0.15) is 53.4 Å². The molecule has 1 aromatic carbocycles. The van der Waals surface area contributed by atoms with Crippen LogP contribution < -0.4 is 4.90 Å². The Morgan fingerprint density at radius 1 is 1.08 bits per heavy atom. The molecule has 1 saturated heterocycles. The average Bonchev–Trinajstić information content (AvgIpc) is 3.18. The molecule has 2 heterocycles. The fourth-order valence-corrected chi connectivity index (χ4v) is 5.03. The number of carbonyl (C=O) groups is 1. The molecule has 26 heavy (non-hydrogen) atoms. The van der Waals surface area contributed by atoms with Gasteiger partial charge in [-0.3, -0.25) is 4.79 Å². The van der Waals surface area contributed by atoms with Crippen LogP contribution in [0.4, 0.5) is 5.13 Å². The van der Waals surface area contributed by atoms with Gasteiger partial charge in [0.05, 0.1) is 0 Å². The monoisotopic (exact) mass is 390 g/mol. The number of amides is 1. The zero-order valence-corrected chi connectivity index (χ0v) is 16.3. The highest BCUT2D eigenvalue weighted by Gasteiger charge is 2.26. The molecule has 7 heteroatoms. The second-order valence-corrected chi connectivity index (χ2v) is 8.47. The van der Waals surface area contributed by atoms with Gasteiger partial charge in [0.15, 0.2) is 0 Å². The molecule has 1 aliphatic carbocycles. The van der Waals surface area contributed by atoms with Crippen LogP contribution >= 0.6 is 22.9 Å². The summed E-state index contributed by atoms with van der Waals surface area (Å²) < 4.78 is 0. The first-order valence-corrected chi connectivity index (χ1v) is 10.5. The minimum atomic E-state index is 0.0484. The highest BCUT2D eigenvalue weighted by molar-refractivity contribution is 7.15. The summed E-state index contributed by atoms with van der Waals surface area (Å²) in [7, 11) is 0. The first-order chi connectivity index (χ1) is 12.7. The highest BCUT2D eigenvalue weighted by Crippen LogP contribution is 2.36. The van der Waals surface area contributed by atoms with Crippen molar-refractivity contribution in [1.29, 1.82) is 0 Å². The molecule has 1 aromatic heterocycles. The Morgan fingerprint density at radius 3 is 2.58 bits per heavy atom. The fourth-order valence-electron chi connectivity index (χ4n) is 3.77. The summed E-state index contributed by atoms with van der Waals surface area (Å²) in [5, 5.41) is 11.7. The number of halogens is 1. The van der Waals surface area contributed by atoms with E-state index < -0.39 is 0 Å². The molecule has 138 valence electrons. The van der Waals surface area contributed by atoms with E-state index in [9.17, 15) is 4.79 Å². The molecule has 2 fully saturated rings. The second-order valence-electron chi connectivity index (χ2n) is 7.05. The lowest BCUT2D eigenvalue weighted by Gasteiger charge is -2.34. The normalized spacial score (nSPS) is 19.0. The minimum Gasteiger partial charge on any atom is -0.343 e. The third-order valence-corrected chi connectivity index (χ3v) is 6.67. The molecule has 0 atom stereocenters. The van der Waals surface area contributed by atoms with Gasteiger partial charge < -0.3 is 9.80 Å². The van der Waals surface area contributed by atoms with Crippen LogP contribution in [0, 0.1) is 0 Å². The molecule has 1 amide bonds. The summed E-state index contributed by atoms with van der Waals surface area (Å²) in [6.07, 6.45) is 6.46. The Kier molecular flexibility index (Phi) is 5.41. The maximum Gasteiger partial charge on any atom is 0.254 e. The van der Waals surface area contributed by atoms with Gasteiger partial charge in [-0.25, -0.2) is 0 Å². The van der Waals surface area contributed by atoms with Crippen molar-refractivity contribution in [2.45, 2.75) is 38.0 Å². The molecule has 1 aliphatic heterocycles. The number of piperazine rings is 1. The molecule has 0 spiro atoms. The van der Waals surface area contributed by atoms with Crippen molar-refractivity contribution in [2.75, 3.05) is 31.1 Å². The molecular formula is C19H23ClN4OS. The fraction of sp³-hybridized carbons (Fsp3) is 0.526. The van der Waals surface area contributed by atoms with E-state index in [1.807, 2.05) is 17.0 Å². The molecule has 2 aromatic rings. The van der Waals surface area contributed by atoms with Gasteiger partial charge in [-0.1, -0.05) is 48.3 Å². The van der Waals surface area contributed by atoms with Crippen LogP contribution in [-0.4, -0.2) is 47.2 Å². The maximum atomic E-state index is 12.6. The van der Waals surface area contributed by atoms with Gasteiger partial charge in [0.25, 0.3) is 5.91 Å². The van der Waals surface area contributed by atoms with E-state index in [2.05, 4.69) is 15.1 Å². The van der Waals surface area contributed by atoms with Gasteiger partial charge >= 0.3 is 0 Å². The molecule has 0 N–H and O–H groups in total. The summed E-state index contributed by atoms with van der Waals surface area (Å²) in [5.41, 5.74) is 0.654. The van der Waals surface area contributed by atoms with E-state index >= 15 is 0 Å². The van der Waals surface area contributed by atoms with Crippen LogP contribution in [0.2, 0.25) is 5.02 Å². The third kappa shape index (κ3) is 3.86. The summed E-state index contributed by atoms with van der Waals surface area (Å²) in [6, 6.07) is 7.16. The second kappa shape index (κ2) is 7.92. The van der Waals surface area contributed by atoms with Gasteiger partial charge in [-0.05, 0) is 31.0 Å². The smallest absolute Gasteiger partial charge is 0.254 e. The number of rotatable bonds is 3. The average molecular weight is 391 g/mol. The molecule has 2 aliphatic rings. The molecule has 0 radical (unpaired) electrons. The van der Waals surface area contributed by atoms with Crippen LogP contribution in [0.3, 0.4) is 0 Å². The summed E-state index contributed by atoms with van der Waals surface area (Å²) in [4.78, 5) is 16.8. The molecule has 0 unspecified atom stereocenters. The topological polar surface area (TPSA) is 49.3 Å². The van der Waals surface area contributed by atoms with Crippen molar-refractivity contribution in [3.63, 3.8) is 0 Å². The zero-order chi connectivity index (χ0) is 17.9. The van der Waals surface area contributed by atoms with Crippen LogP contribution in [0.5, 0.6) is 0 Å². The quantitative estimate of drug-likeness (QED) is 0.788. The van der Waals surface area contributed by atoms with Gasteiger partial charge in [0.2, 0.25) is 5.13 Å².